The van der Waals surface area contributed by atoms with Gasteiger partial charge in [0.15, 0.2) is 0 Å². The molecule has 2 heterocycles. The Morgan fingerprint density at radius 2 is 1.90 bits per heavy atom. The molecule has 2 aromatic rings. The molecule has 0 aliphatic carbocycles. The van der Waals surface area contributed by atoms with E-state index in [1.165, 1.54) is 17.8 Å². The molecule has 2 amide bonds. The Balaban J connectivity index is 0.00000420. The number of hydrogen-bond donors (Lipinski definition) is 3. The summed E-state index contributed by atoms with van der Waals surface area (Å²) in [7, 11) is -0.262. The fraction of sp³-hybridized carbons (Fsp3) is 0.357. The molecule has 0 unspecified atom stereocenters. The van der Waals surface area contributed by atoms with Crippen LogP contribution in [0.3, 0.4) is 0 Å². The Morgan fingerprint density at radius 1 is 1.24 bits per heavy atom. The average molecular weight is 437 g/mol. The first-order chi connectivity index (χ1) is 13.2. The summed E-state index contributed by atoms with van der Waals surface area (Å²) in [5, 5.41) is 4.83. The van der Waals surface area contributed by atoms with Crippen molar-refractivity contribution >= 4 is 33.9 Å². The third-order valence-electron chi connectivity index (χ3n) is 3.27. The van der Waals surface area contributed by atoms with Crippen LogP contribution in [0.2, 0.25) is 0 Å². The summed E-state index contributed by atoms with van der Waals surface area (Å²) in [6.07, 6.45) is 1.35. The molecule has 154 valence electrons. The molecule has 0 atom stereocenters. The van der Waals surface area contributed by atoms with Crippen LogP contribution in [0.4, 0.5) is 16.7 Å². The molecule has 0 saturated heterocycles. The molecule has 0 saturated carbocycles. The summed E-state index contributed by atoms with van der Waals surface area (Å²) in [4.78, 5) is 35.2. The maximum absolute atomic E-state index is 12.5. The van der Waals surface area contributed by atoms with E-state index < -0.39 is 26.9 Å². The van der Waals surface area contributed by atoms with E-state index in [1.54, 1.807) is 18.7 Å². The van der Waals surface area contributed by atoms with E-state index in [1.807, 2.05) is 0 Å². The Hall–Kier alpha value is -2.42. The molecule has 0 aliphatic rings. The number of aryl methyl sites for hydroxylation is 1. The van der Waals surface area contributed by atoms with Crippen molar-refractivity contribution < 1.29 is 58.5 Å². The number of ether oxygens (including phenoxy) is 2. The van der Waals surface area contributed by atoms with Crippen LogP contribution in [-0.2, 0) is 21.8 Å². The van der Waals surface area contributed by atoms with Crippen LogP contribution in [0.5, 0.6) is 6.01 Å². The number of nitrogens with one attached hydrogen (secondary N) is 3. The molecule has 0 aromatic carbocycles. The first kappa shape index (κ1) is 24.6. The van der Waals surface area contributed by atoms with Gasteiger partial charge in [0, 0.05) is 20.3 Å². The van der Waals surface area contributed by atoms with Gasteiger partial charge in [0.25, 0.3) is 10.0 Å². The van der Waals surface area contributed by atoms with E-state index >= 15 is 0 Å². The topological polar surface area (TPSA) is 166 Å². The molecular formula is C14H20N7NaO6S. The molecule has 0 radical (unpaired) electrons. The van der Waals surface area contributed by atoms with Crippen LogP contribution < -0.4 is 49.6 Å². The SMILES string of the molecule is CCOc1nc(NC)nc(NC(=O)NS(=O)(=O)c2ccn(C)c2C(=O)OC)n1.[H-].[Na+]. The number of amides is 2. The number of urea groups is 1. The summed E-state index contributed by atoms with van der Waals surface area (Å²) >= 11 is 0. The summed E-state index contributed by atoms with van der Waals surface area (Å²) < 4.78 is 37.8. The molecule has 2 rings (SSSR count). The second-order valence-electron chi connectivity index (χ2n) is 5.14. The van der Waals surface area contributed by atoms with Gasteiger partial charge in [-0.1, -0.05) is 0 Å². The molecule has 13 nitrogen and oxygen atoms in total. The minimum Gasteiger partial charge on any atom is -1.00 e. The smallest absolute Gasteiger partial charge is 1.00 e. The summed E-state index contributed by atoms with van der Waals surface area (Å²) in [5.74, 6) is -1.00. The third-order valence-corrected chi connectivity index (χ3v) is 4.63. The molecule has 29 heavy (non-hydrogen) atoms. The monoisotopic (exact) mass is 437 g/mol. The van der Waals surface area contributed by atoms with Crippen LogP contribution in [0.15, 0.2) is 17.2 Å². The van der Waals surface area contributed by atoms with Crippen LogP contribution in [0.1, 0.15) is 18.8 Å². The molecule has 0 fully saturated rings. The Morgan fingerprint density at radius 3 is 2.48 bits per heavy atom. The van der Waals surface area contributed by atoms with Crippen molar-refractivity contribution in [2.24, 2.45) is 7.05 Å². The van der Waals surface area contributed by atoms with Gasteiger partial charge in [0.1, 0.15) is 10.6 Å². The van der Waals surface area contributed by atoms with E-state index in [0.717, 1.165) is 13.2 Å². The van der Waals surface area contributed by atoms with E-state index in [4.69, 9.17) is 4.74 Å². The predicted molar refractivity (Wildman–Crippen MR) is 97.7 cm³/mol. The van der Waals surface area contributed by atoms with Crippen LogP contribution in [-0.4, -0.2) is 60.7 Å². The molecule has 2 aromatic heterocycles. The first-order valence-corrected chi connectivity index (χ1v) is 9.34. The van der Waals surface area contributed by atoms with Crippen molar-refractivity contribution in [3.63, 3.8) is 0 Å². The zero-order chi connectivity index (χ0) is 20.9. The number of esters is 1. The van der Waals surface area contributed by atoms with Crippen molar-refractivity contribution in [2.75, 3.05) is 31.4 Å². The number of methoxy groups -OCH3 is 1. The van der Waals surface area contributed by atoms with E-state index in [0.29, 0.717) is 0 Å². The van der Waals surface area contributed by atoms with Gasteiger partial charge in [-0.25, -0.2) is 22.7 Å². The molecular weight excluding hydrogens is 417 g/mol. The van der Waals surface area contributed by atoms with Crippen LogP contribution in [0.25, 0.3) is 0 Å². The first-order valence-electron chi connectivity index (χ1n) is 7.85. The number of nitrogens with zero attached hydrogens (tertiary/aromatic N) is 4. The van der Waals surface area contributed by atoms with Crippen LogP contribution >= 0.6 is 0 Å². The fourth-order valence-electron chi connectivity index (χ4n) is 2.09. The van der Waals surface area contributed by atoms with Gasteiger partial charge in [0.05, 0.1) is 13.7 Å². The quantitative estimate of drug-likeness (QED) is 0.301. The number of anilines is 2. The van der Waals surface area contributed by atoms with E-state index in [2.05, 4.69) is 30.3 Å². The van der Waals surface area contributed by atoms with E-state index in [-0.39, 0.29) is 61.2 Å². The number of rotatable bonds is 7. The third kappa shape index (κ3) is 6.03. The predicted octanol–water partition coefficient (Wildman–Crippen LogP) is -2.94. The minimum absolute atomic E-state index is 0. The van der Waals surface area contributed by atoms with E-state index in [9.17, 15) is 18.0 Å². The zero-order valence-corrected chi connectivity index (χ0v) is 19.3. The molecule has 0 spiro atoms. The number of carbonyl (C=O) groups excluding carboxylic acids is 2. The van der Waals surface area contributed by atoms with Gasteiger partial charge >= 0.3 is 47.6 Å². The van der Waals surface area contributed by atoms with Crippen LogP contribution in [0, 0.1) is 0 Å². The Labute approximate surface area is 190 Å². The number of aromatic nitrogens is 4. The van der Waals surface area contributed by atoms with Gasteiger partial charge in [-0.2, -0.15) is 15.0 Å². The summed E-state index contributed by atoms with van der Waals surface area (Å²) in [6, 6.07) is -0.0386. The fourth-order valence-corrected chi connectivity index (χ4v) is 3.21. The largest absolute Gasteiger partial charge is 1.00 e. The zero-order valence-electron chi connectivity index (χ0n) is 17.5. The van der Waals surface area contributed by atoms with Gasteiger partial charge in [0.2, 0.25) is 11.9 Å². The van der Waals surface area contributed by atoms with Gasteiger partial charge in [-0.15, -0.1) is 0 Å². The minimum atomic E-state index is -4.38. The van der Waals surface area contributed by atoms with Gasteiger partial charge in [-0.3, -0.25) is 5.32 Å². The summed E-state index contributed by atoms with van der Waals surface area (Å²) in [6.45, 7) is 1.99. The molecule has 15 heteroatoms. The normalized spacial score (nSPS) is 10.5. The van der Waals surface area contributed by atoms with Crippen molar-refractivity contribution in [3.8, 4) is 6.01 Å². The maximum Gasteiger partial charge on any atom is 1.00 e. The van der Waals surface area contributed by atoms with Crippen molar-refractivity contribution in [2.45, 2.75) is 11.8 Å². The maximum atomic E-state index is 12.5. The van der Waals surface area contributed by atoms with Crippen molar-refractivity contribution in [3.05, 3.63) is 18.0 Å². The molecule has 0 bridgehead atoms. The summed E-state index contributed by atoms with van der Waals surface area (Å²) in [5.41, 5.74) is -0.237. The van der Waals surface area contributed by atoms with Crippen molar-refractivity contribution in [1.29, 1.82) is 0 Å². The Kier molecular flexibility index (Phi) is 8.81. The Bertz CT molecular complexity index is 1000. The number of hydrogen-bond acceptors (Lipinski definition) is 10. The van der Waals surface area contributed by atoms with Gasteiger partial charge in [-0.05, 0) is 13.0 Å². The molecule has 3 N–H and O–H groups in total. The number of sulfonamides is 1. The standard InChI is InChI=1S/C14H19N7O6S.Na.H/c1-5-27-14-18-11(15-2)16-12(19-14)17-13(23)20-28(24,25)8-6-7-21(3)9(8)10(22)26-4;;/h6-7H,5H2,1-4H3,(H3,15,16,17,18,19,20,23);;/q;+1;-1. The van der Waals surface area contributed by atoms with Gasteiger partial charge < -0.3 is 20.8 Å². The second-order valence-corrected chi connectivity index (χ2v) is 6.79. The second kappa shape index (κ2) is 10.4. The molecule has 0 aliphatic heterocycles. The number of carbonyl (C=O) groups is 2. The van der Waals surface area contributed by atoms with Crippen molar-refractivity contribution in [1.82, 2.24) is 24.2 Å². The average Bonchev–Trinajstić information content (AvgIpc) is 3.03.